The molecule has 1 aliphatic rings. The number of amides is 3. The van der Waals surface area contributed by atoms with Crippen LogP contribution in [0.25, 0.3) is 0 Å². The van der Waals surface area contributed by atoms with E-state index in [1.807, 2.05) is 0 Å². The number of aliphatic hydroxyl groups is 1. The summed E-state index contributed by atoms with van der Waals surface area (Å²) in [5.74, 6) is 0.312. The Morgan fingerprint density at radius 1 is 1.00 bits per heavy atom. The van der Waals surface area contributed by atoms with Crippen molar-refractivity contribution >= 4 is 11.9 Å². The second-order valence-corrected chi connectivity index (χ2v) is 9.70. The van der Waals surface area contributed by atoms with Crippen LogP contribution in [0.3, 0.4) is 0 Å². The van der Waals surface area contributed by atoms with E-state index in [0.29, 0.717) is 12.5 Å². The lowest BCUT2D eigenvalue weighted by Crippen LogP contribution is -2.34. The molecular formula is C25H48N2O4. The maximum Gasteiger partial charge on any atom is 0.324 e. The summed E-state index contributed by atoms with van der Waals surface area (Å²) < 4.78 is 5.91. The number of urea groups is 1. The number of nitrogens with one attached hydrogen (secondary N) is 1. The van der Waals surface area contributed by atoms with Crippen molar-refractivity contribution in [3.05, 3.63) is 0 Å². The summed E-state index contributed by atoms with van der Waals surface area (Å²) in [5, 5.41) is 12.0. The van der Waals surface area contributed by atoms with Gasteiger partial charge >= 0.3 is 6.03 Å². The average molecular weight is 441 g/mol. The van der Waals surface area contributed by atoms with Gasteiger partial charge in [0, 0.05) is 26.4 Å². The predicted molar refractivity (Wildman–Crippen MR) is 126 cm³/mol. The third kappa shape index (κ3) is 8.72. The summed E-state index contributed by atoms with van der Waals surface area (Å²) in [7, 11) is 0. The number of ether oxygens (including phenoxy) is 1. The van der Waals surface area contributed by atoms with E-state index in [1.165, 1.54) is 0 Å². The van der Waals surface area contributed by atoms with Gasteiger partial charge in [-0.1, -0.05) is 53.9 Å². The fourth-order valence-corrected chi connectivity index (χ4v) is 4.79. The smallest absolute Gasteiger partial charge is 0.324 e. The van der Waals surface area contributed by atoms with E-state index in [2.05, 4.69) is 39.9 Å². The van der Waals surface area contributed by atoms with Crippen LogP contribution in [0.4, 0.5) is 4.79 Å². The number of hydrogen-bond acceptors (Lipinski definition) is 4. The van der Waals surface area contributed by atoms with Crippen molar-refractivity contribution in [2.24, 2.45) is 16.7 Å². The maximum atomic E-state index is 11.9. The highest BCUT2D eigenvalue weighted by Crippen LogP contribution is 2.39. The van der Waals surface area contributed by atoms with Crippen LogP contribution in [0.1, 0.15) is 98.8 Å². The van der Waals surface area contributed by atoms with Gasteiger partial charge in [-0.3, -0.25) is 10.1 Å². The van der Waals surface area contributed by atoms with E-state index in [-0.39, 0.29) is 35.9 Å². The molecule has 0 radical (unpaired) electrons. The molecule has 0 saturated carbocycles. The molecule has 1 rings (SSSR count). The van der Waals surface area contributed by atoms with Crippen LogP contribution in [0.15, 0.2) is 0 Å². The van der Waals surface area contributed by atoms with Crippen LogP contribution in [-0.4, -0.2) is 54.9 Å². The van der Waals surface area contributed by atoms with Crippen molar-refractivity contribution in [2.45, 2.75) is 98.8 Å². The van der Waals surface area contributed by atoms with Crippen LogP contribution >= 0.6 is 0 Å². The number of hydrogen-bond donors (Lipinski definition) is 2. The minimum atomic E-state index is -0.252. The third-order valence-electron chi connectivity index (χ3n) is 8.14. The van der Waals surface area contributed by atoms with E-state index in [4.69, 9.17) is 4.74 Å². The van der Waals surface area contributed by atoms with Gasteiger partial charge < -0.3 is 14.7 Å². The fraction of sp³-hybridized carbons (Fsp3) is 0.920. The first-order chi connectivity index (χ1) is 14.8. The van der Waals surface area contributed by atoms with Gasteiger partial charge in [0.05, 0.1) is 0 Å². The molecule has 1 fully saturated rings. The minimum Gasteiger partial charge on any atom is -0.396 e. The Bertz CT molecular complexity index is 521. The second-order valence-electron chi connectivity index (χ2n) is 9.70. The average Bonchev–Trinajstić information content (AvgIpc) is 3.11. The molecule has 0 aromatic carbocycles. The summed E-state index contributed by atoms with van der Waals surface area (Å²) in [6.45, 7) is 13.9. The van der Waals surface area contributed by atoms with Crippen LogP contribution in [0.5, 0.6) is 0 Å². The molecule has 0 aromatic rings. The van der Waals surface area contributed by atoms with Crippen molar-refractivity contribution < 1.29 is 19.4 Å². The first-order valence-electron chi connectivity index (χ1n) is 12.6. The molecule has 0 bridgehead atoms. The van der Waals surface area contributed by atoms with Crippen molar-refractivity contribution in [3.8, 4) is 0 Å². The Kier molecular flexibility index (Phi) is 12.7. The zero-order valence-electron chi connectivity index (χ0n) is 20.8. The van der Waals surface area contributed by atoms with Gasteiger partial charge in [-0.05, 0) is 61.7 Å². The number of imide groups is 1. The Morgan fingerprint density at radius 3 is 2.16 bits per heavy atom. The van der Waals surface area contributed by atoms with Gasteiger partial charge in [-0.2, -0.15) is 0 Å². The molecule has 1 unspecified atom stereocenters. The highest BCUT2D eigenvalue weighted by Gasteiger charge is 2.33. The van der Waals surface area contributed by atoms with Crippen molar-refractivity contribution in [2.75, 3.05) is 32.9 Å². The zero-order valence-corrected chi connectivity index (χ0v) is 20.8. The van der Waals surface area contributed by atoms with Gasteiger partial charge in [0.2, 0.25) is 5.91 Å². The van der Waals surface area contributed by atoms with Crippen LogP contribution in [0, 0.1) is 16.7 Å². The summed E-state index contributed by atoms with van der Waals surface area (Å²) in [5.41, 5.74) is 0.336. The van der Waals surface area contributed by atoms with Crippen LogP contribution in [0.2, 0.25) is 0 Å². The topological polar surface area (TPSA) is 78.9 Å². The molecule has 0 spiro atoms. The molecular weight excluding hydrogens is 392 g/mol. The maximum absolute atomic E-state index is 11.9. The SMILES string of the molecule is CCC(CC)(CO)CCCCOCCCC(CCN1CC(=O)NC1=O)C(C)(CC)CC. The Hall–Kier alpha value is -1.14. The largest absolute Gasteiger partial charge is 0.396 e. The number of rotatable bonds is 18. The third-order valence-corrected chi connectivity index (χ3v) is 8.14. The molecule has 0 aliphatic carbocycles. The van der Waals surface area contributed by atoms with E-state index in [0.717, 1.165) is 77.4 Å². The zero-order chi connectivity index (χ0) is 23.3. The molecule has 31 heavy (non-hydrogen) atoms. The quantitative estimate of drug-likeness (QED) is 0.229. The van der Waals surface area contributed by atoms with E-state index < -0.39 is 0 Å². The number of carbonyl (C=O) groups excluding carboxylic acids is 2. The van der Waals surface area contributed by atoms with Crippen molar-refractivity contribution in [3.63, 3.8) is 0 Å². The molecule has 2 N–H and O–H groups in total. The van der Waals surface area contributed by atoms with E-state index in [9.17, 15) is 14.7 Å². The normalized spacial score (nSPS) is 16.1. The lowest BCUT2D eigenvalue weighted by molar-refractivity contribution is -0.118. The molecule has 1 heterocycles. The Labute approximate surface area is 190 Å². The molecule has 1 saturated heterocycles. The van der Waals surface area contributed by atoms with E-state index >= 15 is 0 Å². The predicted octanol–water partition coefficient (Wildman–Crippen LogP) is 5.14. The lowest BCUT2D eigenvalue weighted by Gasteiger charge is -2.37. The fourth-order valence-electron chi connectivity index (χ4n) is 4.79. The standard InChI is InChI=1S/C25H48N2O4/c1-6-24(5,7-2)21(14-16-27-19-22(29)26-23(27)30)13-12-18-31-17-11-10-15-25(8-3,9-4)20-28/h21,28H,6-20H2,1-5H3,(H,26,29,30). The molecule has 0 aromatic heterocycles. The monoisotopic (exact) mass is 440 g/mol. The summed E-state index contributed by atoms with van der Waals surface area (Å²) in [6.07, 6.45) is 10.5. The molecule has 6 nitrogen and oxygen atoms in total. The molecule has 1 atom stereocenters. The number of nitrogens with zero attached hydrogens (tertiary/aromatic N) is 1. The Morgan fingerprint density at radius 2 is 1.65 bits per heavy atom. The summed E-state index contributed by atoms with van der Waals surface area (Å²) in [4.78, 5) is 24.9. The highest BCUT2D eigenvalue weighted by atomic mass is 16.5. The number of unbranched alkanes of at least 4 members (excludes halogenated alkanes) is 1. The molecule has 3 amide bonds. The van der Waals surface area contributed by atoms with Crippen LogP contribution < -0.4 is 5.32 Å². The van der Waals surface area contributed by atoms with Crippen LogP contribution in [-0.2, 0) is 9.53 Å². The van der Waals surface area contributed by atoms with E-state index in [1.54, 1.807) is 4.90 Å². The molecule has 182 valence electrons. The first-order valence-corrected chi connectivity index (χ1v) is 12.6. The highest BCUT2D eigenvalue weighted by molar-refractivity contribution is 6.01. The Balaban J connectivity index is 2.35. The van der Waals surface area contributed by atoms with Crippen molar-refractivity contribution in [1.29, 1.82) is 0 Å². The number of carbonyl (C=O) groups is 2. The van der Waals surface area contributed by atoms with Gasteiger partial charge in [0.15, 0.2) is 0 Å². The summed E-state index contributed by atoms with van der Waals surface area (Å²) in [6, 6.07) is -0.252. The minimum absolute atomic E-state index is 0.0921. The second kappa shape index (κ2) is 14.1. The first kappa shape index (κ1) is 27.9. The molecule has 1 aliphatic heterocycles. The molecule has 6 heteroatoms. The van der Waals surface area contributed by atoms with Gasteiger partial charge in [-0.15, -0.1) is 0 Å². The van der Waals surface area contributed by atoms with Gasteiger partial charge in [-0.25, -0.2) is 4.79 Å². The van der Waals surface area contributed by atoms with Gasteiger partial charge in [0.25, 0.3) is 0 Å². The number of aliphatic hydroxyl groups excluding tert-OH is 1. The van der Waals surface area contributed by atoms with Crippen molar-refractivity contribution in [1.82, 2.24) is 10.2 Å². The van der Waals surface area contributed by atoms with Gasteiger partial charge in [0.1, 0.15) is 6.54 Å². The summed E-state index contributed by atoms with van der Waals surface area (Å²) >= 11 is 0. The lowest BCUT2D eigenvalue weighted by atomic mass is 9.69.